The third-order valence-corrected chi connectivity index (χ3v) is 5.53. The highest BCUT2D eigenvalue weighted by atomic mass is 16.5. The first-order valence-electron chi connectivity index (χ1n) is 9.98. The number of ether oxygens (including phenoxy) is 1. The van der Waals surface area contributed by atoms with Crippen molar-refractivity contribution in [2.24, 2.45) is 0 Å². The van der Waals surface area contributed by atoms with Gasteiger partial charge in [-0.25, -0.2) is 9.78 Å². The quantitative estimate of drug-likeness (QED) is 0.449. The van der Waals surface area contributed by atoms with Crippen molar-refractivity contribution in [3.8, 4) is 16.9 Å². The number of methoxy groups -OCH3 is 1. The Morgan fingerprint density at radius 3 is 2.62 bits per heavy atom. The van der Waals surface area contributed by atoms with Crippen molar-refractivity contribution < 1.29 is 18.8 Å². The molecule has 162 valence electrons. The van der Waals surface area contributed by atoms with Crippen LogP contribution in [-0.4, -0.2) is 31.9 Å². The summed E-state index contributed by atoms with van der Waals surface area (Å²) >= 11 is 0. The highest BCUT2D eigenvalue weighted by molar-refractivity contribution is 6.05. The third-order valence-electron chi connectivity index (χ3n) is 5.53. The highest BCUT2D eigenvalue weighted by Gasteiger charge is 2.22. The molecule has 0 saturated heterocycles. The van der Waals surface area contributed by atoms with E-state index in [-0.39, 0.29) is 24.4 Å². The summed E-state index contributed by atoms with van der Waals surface area (Å²) < 4.78 is 18.1. The Kier molecular flexibility index (Phi) is 4.75. The minimum Gasteiger partial charge on any atom is -0.496 e. The van der Waals surface area contributed by atoms with E-state index in [4.69, 9.17) is 13.7 Å². The Bertz CT molecular complexity index is 1500. The number of benzene rings is 1. The summed E-state index contributed by atoms with van der Waals surface area (Å²) in [5.41, 5.74) is 4.86. The fourth-order valence-corrected chi connectivity index (χ4v) is 4.07. The Labute approximate surface area is 181 Å². The molecule has 5 aromatic rings. The van der Waals surface area contributed by atoms with Crippen molar-refractivity contribution in [1.82, 2.24) is 19.7 Å². The fourth-order valence-electron chi connectivity index (χ4n) is 4.07. The number of oxazole rings is 1. The van der Waals surface area contributed by atoms with Gasteiger partial charge in [-0.3, -0.25) is 9.55 Å². The Hall–Kier alpha value is -3.98. The molecule has 9 heteroatoms. The van der Waals surface area contributed by atoms with E-state index in [0.29, 0.717) is 27.9 Å². The molecule has 5 rings (SSSR count). The highest BCUT2D eigenvalue weighted by Crippen LogP contribution is 2.39. The molecule has 4 heterocycles. The molecule has 32 heavy (non-hydrogen) atoms. The lowest BCUT2D eigenvalue weighted by atomic mass is 10.00. The van der Waals surface area contributed by atoms with Crippen molar-refractivity contribution in [3.63, 3.8) is 0 Å². The average Bonchev–Trinajstić information content (AvgIpc) is 3.31. The lowest BCUT2D eigenvalue weighted by Crippen LogP contribution is -2.15. The number of pyridine rings is 2. The molecule has 0 unspecified atom stereocenters. The van der Waals surface area contributed by atoms with Crippen LogP contribution in [0.1, 0.15) is 22.7 Å². The maximum absolute atomic E-state index is 12.8. The molecule has 0 aliphatic rings. The van der Waals surface area contributed by atoms with E-state index in [1.165, 1.54) is 4.57 Å². The van der Waals surface area contributed by atoms with Crippen LogP contribution in [-0.2, 0) is 13.2 Å². The standard InChI is InChI=1S/C23H20N4O5/c1-12-20(13(2)32-26-12)16-8-17-15(9-19(16)30-3)21-22(18(11-28)25-17)31-23(29)27(21)10-14-4-6-24-7-5-14/h4-9,28H,10-11H2,1-3H3. The van der Waals surface area contributed by atoms with Gasteiger partial charge in [0.1, 0.15) is 22.7 Å². The summed E-state index contributed by atoms with van der Waals surface area (Å²) in [6.45, 7) is 3.60. The van der Waals surface area contributed by atoms with Crippen LogP contribution in [0.25, 0.3) is 33.1 Å². The van der Waals surface area contributed by atoms with Crippen LogP contribution in [0.4, 0.5) is 0 Å². The summed E-state index contributed by atoms with van der Waals surface area (Å²) in [7, 11) is 1.58. The molecule has 0 bridgehead atoms. The molecule has 1 N–H and O–H groups in total. The number of hydrogen-bond donors (Lipinski definition) is 1. The summed E-state index contributed by atoms with van der Waals surface area (Å²) in [5.74, 6) is 0.701. The molecule has 0 aliphatic carbocycles. The van der Waals surface area contributed by atoms with Gasteiger partial charge >= 0.3 is 5.76 Å². The van der Waals surface area contributed by atoms with E-state index < -0.39 is 5.76 Å². The van der Waals surface area contributed by atoms with Gasteiger partial charge in [0.25, 0.3) is 0 Å². The molecule has 0 radical (unpaired) electrons. The molecule has 0 fully saturated rings. The Balaban J connectivity index is 1.85. The fraction of sp³-hybridized carbons (Fsp3) is 0.217. The maximum Gasteiger partial charge on any atom is 0.420 e. The first kappa shape index (κ1) is 20.0. The van der Waals surface area contributed by atoms with Gasteiger partial charge in [-0.2, -0.15) is 0 Å². The molecular formula is C23H20N4O5. The van der Waals surface area contributed by atoms with Crippen LogP contribution in [0.2, 0.25) is 0 Å². The number of aryl methyl sites for hydroxylation is 2. The number of hydrogen-bond acceptors (Lipinski definition) is 8. The van der Waals surface area contributed by atoms with E-state index in [2.05, 4.69) is 15.1 Å². The monoisotopic (exact) mass is 432 g/mol. The zero-order valence-corrected chi connectivity index (χ0v) is 17.7. The first-order valence-corrected chi connectivity index (χ1v) is 9.98. The van der Waals surface area contributed by atoms with E-state index >= 15 is 0 Å². The summed E-state index contributed by atoms with van der Waals surface area (Å²) in [5, 5.41) is 14.6. The number of aliphatic hydroxyl groups is 1. The Morgan fingerprint density at radius 2 is 1.97 bits per heavy atom. The second-order valence-electron chi connectivity index (χ2n) is 7.47. The second-order valence-corrected chi connectivity index (χ2v) is 7.47. The van der Waals surface area contributed by atoms with Crippen LogP contribution in [0.15, 0.2) is 50.4 Å². The maximum atomic E-state index is 12.8. The van der Waals surface area contributed by atoms with Crippen molar-refractivity contribution in [1.29, 1.82) is 0 Å². The molecule has 4 aromatic heterocycles. The molecule has 0 spiro atoms. The minimum absolute atomic E-state index is 0.256. The van der Waals surface area contributed by atoms with Crippen LogP contribution in [0.5, 0.6) is 5.75 Å². The molecule has 9 nitrogen and oxygen atoms in total. The lowest BCUT2D eigenvalue weighted by molar-refractivity contribution is 0.277. The summed E-state index contributed by atoms with van der Waals surface area (Å²) in [4.78, 5) is 21.4. The topological polar surface area (TPSA) is 116 Å². The normalized spacial score (nSPS) is 11.5. The zero-order chi connectivity index (χ0) is 22.4. The second kappa shape index (κ2) is 7.61. The predicted molar refractivity (Wildman–Crippen MR) is 117 cm³/mol. The molecular weight excluding hydrogens is 412 g/mol. The number of nitrogens with zero attached hydrogens (tertiary/aromatic N) is 4. The molecule has 0 saturated carbocycles. The van der Waals surface area contributed by atoms with Crippen LogP contribution in [0, 0.1) is 13.8 Å². The molecule has 0 amide bonds. The zero-order valence-electron chi connectivity index (χ0n) is 17.7. The Morgan fingerprint density at radius 1 is 1.19 bits per heavy atom. The van der Waals surface area contributed by atoms with Gasteiger partial charge in [0.15, 0.2) is 5.58 Å². The van der Waals surface area contributed by atoms with Crippen molar-refractivity contribution >= 4 is 22.0 Å². The first-order chi connectivity index (χ1) is 15.5. The van der Waals surface area contributed by atoms with Gasteiger partial charge in [-0.15, -0.1) is 0 Å². The van der Waals surface area contributed by atoms with Crippen LogP contribution < -0.4 is 10.5 Å². The van der Waals surface area contributed by atoms with E-state index in [0.717, 1.165) is 22.4 Å². The number of rotatable bonds is 5. The van der Waals surface area contributed by atoms with Gasteiger partial charge in [0.05, 0.1) is 37.0 Å². The smallest absolute Gasteiger partial charge is 0.420 e. The SMILES string of the molecule is COc1cc2c(cc1-c1c(C)noc1C)nc(CO)c1oc(=O)n(Cc3ccncc3)c12. The van der Waals surface area contributed by atoms with Gasteiger partial charge in [-0.1, -0.05) is 5.16 Å². The van der Waals surface area contributed by atoms with Crippen molar-refractivity contribution in [3.05, 3.63) is 69.9 Å². The van der Waals surface area contributed by atoms with E-state index in [1.807, 2.05) is 38.1 Å². The van der Waals surface area contributed by atoms with Crippen molar-refractivity contribution in [2.45, 2.75) is 27.0 Å². The number of aromatic nitrogens is 4. The molecule has 0 atom stereocenters. The third kappa shape index (κ3) is 3.05. The van der Waals surface area contributed by atoms with Crippen LogP contribution in [0.3, 0.4) is 0 Å². The molecule has 0 aliphatic heterocycles. The largest absolute Gasteiger partial charge is 0.496 e. The van der Waals surface area contributed by atoms with Gasteiger partial charge < -0.3 is 18.8 Å². The summed E-state index contributed by atoms with van der Waals surface area (Å²) in [6, 6.07) is 7.34. The van der Waals surface area contributed by atoms with E-state index in [1.54, 1.807) is 19.5 Å². The van der Waals surface area contributed by atoms with Crippen LogP contribution >= 0.6 is 0 Å². The van der Waals surface area contributed by atoms with Gasteiger partial charge in [-0.05, 0) is 43.7 Å². The van der Waals surface area contributed by atoms with Crippen molar-refractivity contribution in [2.75, 3.05) is 7.11 Å². The lowest BCUT2D eigenvalue weighted by Gasteiger charge is -2.12. The van der Waals surface area contributed by atoms with Gasteiger partial charge in [0.2, 0.25) is 0 Å². The molecule has 1 aromatic carbocycles. The minimum atomic E-state index is -0.533. The summed E-state index contributed by atoms with van der Waals surface area (Å²) in [6.07, 6.45) is 3.33. The number of aliphatic hydroxyl groups excluding tert-OH is 1. The number of fused-ring (bicyclic) bond motifs is 3. The van der Waals surface area contributed by atoms with Gasteiger partial charge in [0, 0.05) is 23.3 Å². The predicted octanol–water partition coefficient (Wildman–Crippen LogP) is 3.36. The average molecular weight is 432 g/mol. The van der Waals surface area contributed by atoms with E-state index in [9.17, 15) is 9.90 Å².